The minimum absolute atomic E-state index is 0.102. The van der Waals surface area contributed by atoms with Crippen LogP contribution in [0.1, 0.15) is 59.6 Å². The second-order valence-electron chi connectivity index (χ2n) is 8.24. The fourth-order valence-electron chi connectivity index (χ4n) is 3.66. The van der Waals surface area contributed by atoms with Crippen molar-refractivity contribution in [3.8, 4) is 0 Å². The summed E-state index contributed by atoms with van der Waals surface area (Å²) in [7, 11) is 0. The molecule has 162 valence electrons. The van der Waals surface area contributed by atoms with E-state index in [1.165, 1.54) is 6.33 Å². The molecule has 0 amide bonds. The molecule has 0 bridgehead atoms. The zero-order valence-corrected chi connectivity index (χ0v) is 19.1. The van der Waals surface area contributed by atoms with E-state index >= 15 is 0 Å². The van der Waals surface area contributed by atoms with Gasteiger partial charge >= 0.3 is 0 Å². The maximum atomic E-state index is 10.2. The average molecular weight is 442 g/mol. The number of rotatable bonds is 8. The predicted molar refractivity (Wildman–Crippen MR) is 118 cm³/mol. The number of imidazole rings is 1. The van der Waals surface area contributed by atoms with Gasteiger partial charge in [0.1, 0.15) is 18.7 Å². The molecule has 5 atom stereocenters. The SMILES string of the molecule is CCC(C)(S)CC(C)(CC)Sc1nc2c(N)ncnc2n1C1CC(O)C(CO)O1. The van der Waals surface area contributed by atoms with Gasteiger partial charge < -0.3 is 20.7 Å². The monoisotopic (exact) mass is 441 g/mol. The van der Waals surface area contributed by atoms with Crippen LogP contribution in [-0.2, 0) is 4.74 Å². The lowest BCUT2D eigenvalue weighted by Crippen LogP contribution is -2.31. The highest BCUT2D eigenvalue weighted by atomic mass is 32.2. The van der Waals surface area contributed by atoms with E-state index in [-0.39, 0.29) is 16.1 Å². The number of thioether (sulfide) groups is 1. The molecule has 29 heavy (non-hydrogen) atoms. The fourth-order valence-corrected chi connectivity index (χ4v) is 5.53. The van der Waals surface area contributed by atoms with E-state index in [0.29, 0.717) is 28.6 Å². The minimum atomic E-state index is -0.752. The highest BCUT2D eigenvalue weighted by molar-refractivity contribution is 8.00. The van der Waals surface area contributed by atoms with E-state index in [0.717, 1.165) is 19.3 Å². The molecule has 1 aliphatic rings. The highest BCUT2D eigenvalue weighted by Crippen LogP contribution is 2.45. The van der Waals surface area contributed by atoms with Gasteiger partial charge in [0.05, 0.1) is 12.7 Å². The Kier molecular flexibility index (Phi) is 6.69. The molecule has 0 aromatic carbocycles. The van der Waals surface area contributed by atoms with E-state index in [1.807, 2.05) is 4.57 Å². The number of anilines is 1. The van der Waals surface area contributed by atoms with Crippen molar-refractivity contribution in [3.63, 3.8) is 0 Å². The van der Waals surface area contributed by atoms with Crippen LogP contribution in [0.3, 0.4) is 0 Å². The van der Waals surface area contributed by atoms with Gasteiger partial charge in [-0.2, -0.15) is 12.6 Å². The molecule has 3 rings (SSSR count). The summed E-state index contributed by atoms with van der Waals surface area (Å²) in [5.41, 5.74) is 7.14. The molecule has 1 saturated heterocycles. The van der Waals surface area contributed by atoms with Gasteiger partial charge in [0.25, 0.3) is 0 Å². The van der Waals surface area contributed by atoms with Crippen LogP contribution < -0.4 is 5.73 Å². The molecule has 0 radical (unpaired) electrons. The van der Waals surface area contributed by atoms with Gasteiger partial charge in [0.2, 0.25) is 0 Å². The fraction of sp³-hybridized carbons (Fsp3) is 0.737. The van der Waals surface area contributed by atoms with E-state index < -0.39 is 18.4 Å². The number of hydrogen-bond acceptors (Lipinski definition) is 9. The Morgan fingerprint density at radius 2 is 2.07 bits per heavy atom. The van der Waals surface area contributed by atoms with Crippen molar-refractivity contribution in [2.45, 2.75) is 86.5 Å². The Balaban J connectivity index is 2.04. The number of nitrogens with two attached hydrogens (primary N) is 1. The topological polar surface area (TPSA) is 119 Å². The van der Waals surface area contributed by atoms with Crippen molar-refractivity contribution in [1.82, 2.24) is 19.5 Å². The summed E-state index contributed by atoms with van der Waals surface area (Å²) in [5.74, 6) is 0.304. The van der Waals surface area contributed by atoms with E-state index in [4.69, 9.17) is 28.1 Å². The third-order valence-electron chi connectivity index (χ3n) is 5.75. The molecule has 1 aliphatic heterocycles. The first kappa shape index (κ1) is 22.6. The molecule has 1 fully saturated rings. The summed E-state index contributed by atoms with van der Waals surface area (Å²) >= 11 is 6.49. The standard InChI is InChI=1S/C19H31N5O3S2/c1-5-18(3,28)9-19(4,6-2)29-17-23-14-15(20)21-10-22-16(14)24(17)13-7-11(26)12(8-25)27-13/h10-13,25-26,28H,5-9H2,1-4H3,(H2,20,21,22). The van der Waals surface area contributed by atoms with Crippen molar-refractivity contribution in [3.05, 3.63) is 6.33 Å². The number of aliphatic hydroxyl groups is 2. The van der Waals surface area contributed by atoms with E-state index in [1.54, 1.807) is 11.8 Å². The summed E-state index contributed by atoms with van der Waals surface area (Å²) in [6.07, 6.45) is 2.64. The second kappa shape index (κ2) is 8.58. The lowest BCUT2D eigenvalue weighted by molar-refractivity contribution is -0.0458. The maximum Gasteiger partial charge on any atom is 0.173 e. The number of ether oxygens (including phenoxy) is 1. The zero-order chi connectivity index (χ0) is 21.4. The van der Waals surface area contributed by atoms with Crippen molar-refractivity contribution >= 4 is 41.4 Å². The van der Waals surface area contributed by atoms with Gasteiger partial charge in [-0.25, -0.2) is 15.0 Å². The molecule has 0 saturated carbocycles. The summed E-state index contributed by atoms with van der Waals surface area (Å²) in [4.78, 5) is 13.2. The van der Waals surface area contributed by atoms with Crippen LogP contribution in [0, 0.1) is 0 Å². The number of nitrogens with zero attached hydrogens (tertiary/aromatic N) is 4. The maximum absolute atomic E-state index is 10.2. The highest BCUT2D eigenvalue weighted by Gasteiger charge is 2.39. The Morgan fingerprint density at radius 3 is 2.66 bits per heavy atom. The predicted octanol–water partition coefficient (Wildman–Crippen LogP) is 2.80. The van der Waals surface area contributed by atoms with Crippen molar-refractivity contribution in [2.75, 3.05) is 12.3 Å². The van der Waals surface area contributed by atoms with Gasteiger partial charge in [-0.1, -0.05) is 32.5 Å². The largest absolute Gasteiger partial charge is 0.394 e. The van der Waals surface area contributed by atoms with E-state index in [9.17, 15) is 10.2 Å². The quantitative estimate of drug-likeness (QED) is 0.365. The zero-order valence-electron chi connectivity index (χ0n) is 17.4. The molecule has 2 aromatic heterocycles. The van der Waals surface area contributed by atoms with Crippen LogP contribution >= 0.6 is 24.4 Å². The first-order chi connectivity index (χ1) is 13.6. The number of thiol groups is 1. The van der Waals surface area contributed by atoms with Gasteiger partial charge in [0, 0.05) is 15.9 Å². The summed E-state index contributed by atoms with van der Waals surface area (Å²) < 4.78 is 7.58. The van der Waals surface area contributed by atoms with Gasteiger partial charge in [0.15, 0.2) is 22.1 Å². The molecule has 2 aromatic rings. The molecule has 0 aliphatic carbocycles. The smallest absolute Gasteiger partial charge is 0.173 e. The number of fused-ring (bicyclic) bond motifs is 1. The van der Waals surface area contributed by atoms with Crippen LogP contribution in [-0.4, -0.2) is 58.0 Å². The van der Waals surface area contributed by atoms with Crippen LogP contribution in [0.4, 0.5) is 5.82 Å². The van der Waals surface area contributed by atoms with Crippen molar-refractivity contribution in [1.29, 1.82) is 0 Å². The molecule has 0 spiro atoms. The van der Waals surface area contributed by atoms with Crippen LogP contribution in [0.5, 0.6) is 0 Å². The normalized spacial score (nSPS) is 26.5. The number of nitrogen functional groups attached to an aromatic ring is 1. The first-order valence-electron chi connectivity index (χ1n) is 9.97. The van der Waals surface area contributed by atoms with Gasteiger partial charge in [-0.05, 0) is 26.2 Å². The molecular formula is C19H31N5O3S2. The third kappa shape index (κ3) is 4.66. The summed E-state index contributed by atoms with van der Waals surface area (Å²) in [6.45, 7) is 8.42. The average Bonchev–Trinajstić information content (AvgIpc) is 3.21. The minimum Gasteiger partial charge on any atom is -0.394 e. The second-order valence-corrected chi connectivity index (χ2v) is 10.9. The van der Waals surface area contributed by atoms with Crippen LogP contribution in [0.2, 0.25) is 0 Å². The number of aliphatic hydroxyl groups excluding tert-OH is 2. The Hall–Kier alpha value is -1.07. The Morgan fingerprint density at radius 1 is 1.34 bits per heavy atom. The molecule has 8 nitrogen and oxygen atoms in total. The first-order valence-corrected chi connectivity index (χ1v) is 11.2. The molecular weight excluding hydrogens is 410 g/mol. The van der Waals surface area contributed by atoms with Crippen LogP contribution in [0.15, 0.2) is 11.5 Å². The van der Waals surface area contributed by atoms with Crippen molar-refractivity contribution in [2.24, 2.45) is 0 Å². The molecule has 10 heteroatoms. The summed E-state index contributed by atoms with van der Waals surface area (Å²) in [6, 6.07) is 0. The summed E-state index contributed by atoms with van der Waals surface area (Å²) in [5, 5.41) is 20.4. The molecule has 3 heterocycles. The van der Waals surface area contributed by atoms with Crippen LogP contribution in [0.25, 0.3) is 11.2 Å². The molecule has 5 unspecified atom stereocenters. The Labute approximate surface area is 181 Å². The number of hydrogen-bond donors (Lipinski definition) is 4. The lowest BCUT2D eigenvalue weighted by Gasteiger charge is -2.35. The third-order valence-corrected chi connectivity index (χ3v) is 7.62. The lowest BCUT2D eigenvalue weighted by atomic mass is 9.92. The molecule has 4 N–H and O–H groups in total. The van der Waals surface area contributed by atoms with Gasteiger partial charge in [-0.15, -0.1) is 0 Å². The van der Waals surface area contributed by atoms with Crippen molar-refractivity contribution < 1.29 is 14.9 Å². The van der Waals surface area contributed by atoms with Gasteiger partial charge in [-0.3, -0.25) is 4.57 Å². The van der Waals surface area contributed by atoms with E-state index in [2.05, 4.69) is 37.7 Å². The number of aromatic nitrogens is 4. The Bertz CT molecular complexity index is 862.